The standard InChI is InChI=1S/C26H28N4O4/c1-3-22(31)29-12-5-4-9-19(16-29)30-23-20(10-11-21-24(23)34-14-13-33-21)27-26(30)28-25(32)18-8-6-7-17(2)15-18/h3,6-8,10-11,15,19H,1,4-5,9,12-14,16H2,2H3,(H,27,28,32). The van der Waals surface area contributed by atoms with E-state index in [4.69, 9.17) is 14.5 Å². The molecule has 3 aromatic rings. The van der Waals surface area contributed by atoms with Crippen molar-refractivity contribution >= 4 is 28.8 Å². The van der Waals surface area contributed by atoms with Crippen molar-refractivity contribution in [1.29, 1.82) is 0 Å². The number of hydrogen-bond acceptors (Lipinski definition) is 5. The summed E-state index contributed by atoms with van der Waals surface area (Å²) in [5, 5.41) is 3.02. The lowest BCUT2D eigenvalue weighted by molar-refractivity contribution is -0.126. The van der Waals surface area contributed by atoms with Gasteiger partial charge in [0.1, 0.15) is 18.7 Å². The van der Waals surface area contributed by atoms with E-state index >= 15 is 0 Å². The number of nitrogens with one attached hydrogen (secondary N) is 1. The lowest BCUT2D eigenvalue weighted by Gasteiger charge is -2.27. The number of likely N-dealkylation sites (tertiary alicyclic amines) is 1. The Bertz CT molecular complexity index is 1270. The van der Waals surface area contributed by atoms with E-state index < -0.39 is 0 Å². The molecule has 0 spiro atoms. The summed E-state index contributed by atoms with van der Waals surface area (Å²) in [4.78, 5) is 32.2. The van der Waals surface area contributed by atoms with Crippen molar-refractivity contribution < 1.29 is 19.1 Å². The fraction of sp³-hybridized carbons (Fsp3) is 0.346. The van der Waals surface area contributed by atoms with Crippen LogP contribution in [0.15, 0.2) is 49.1 Å². The molecule has 0 bridgehead atoms. The van der Waals surface area contributed by atoms with Crippen LogP contribution >= 0.6 is 0 Å². The molecule has 1 atom stereocenters. The van der Waals surface area contributed by atoms with Crippen molar-refractivity contribution in [1.82, 2.24) is 14.5 Å². The van der Waals surface area contributed by atoms with Crippen molar-refractivity contribution in [3.8, 4) is 11.5 Å². The van der Waals surface area contributed by atoms with Gasteiger partial charge in [-0.3, -0.25) is 14.9 Å². The van der Waals surface area contributed by atoms with Crippen LogP contribution in [0.5, 0.6) is 11.5 Å². The van der Waals surface area contributed by atoms with Crippen LogP contribution in [0, 0.1) is 6.92 Å². The number of imidazole rings is 1. The molecule has 2 aliphatic heterocycles. The summed E-state index contributed by atoms with van der Waals surface area (Å²) in [5.41, 5.74) is 3.04. The number of rotatable bonds is 4. The fourth-order valence-electron chi connectivity index (χ4n) is 4.75. The second-order valence-electron chi connectivity index (χ2n) is 8.72. The maximum Gasteiger partial charge on any atom is 0.257 e. The fourth-order valence-corrected chi connectivity index (χ4v) is 4.75. The molecule has 3 heterocycles. The van der Waals surface area contributed by atoms with Crippen LogP contribution in [0.4, 0.5) is 5.95 Å². The first-order chi connectivity index (χ1) is 16.5. The van der Waals surface area contributed by atoms with E-state index in [1.54, 1.807) is 6.07 Å². The molecular formula is C26H28N4O4. The third-order valence-electron chi connectivity index (χ3n) is 6.36. The number of fused-ring (bicyclic) bond motifs is 3. The van der Waals surface area contributed by atoms with Crippen molar-refractivity contribution in [2.24, 2.45) is 0 Å². The molecule has 1 aromatic heterocycles. The zero-order chi connectivity index (χ0) is 23.7. The van der Waals surface area contributed by atoms with Gasteiger partial charge in [-0.15, -0.1) is 0 Å². The summed E-state index contributed by atoms with van der Waals surface area (Å²) >= 11 is 0. The molecule has 34 heavy (non-hydrogen) atoms. The Morgan fingerprint density at radius 2 is 2.03 bits per heavy atom. The van der Waals surface area contributed by atoms with Crippen LogP contribution in [0.3, 0.4) is 0 Å². The predicted molar refractivity (Wildman–Crippen MR) is 130 cm³/mol. The Morgan fingerprint density at radius 3 is 2.85 bits per heavy atom. The predicted octanol–water partition coefficient (Wildman–Crippen LogP) is 4.11. The van der Waals surface area contributed by atoms with E-state index in [9.17, 15) is 9.59 Å². The second kappa shape index (κ2) is 9.21. The summed E-state index contributed by atoms with van der Waals surface area (Å²) in [7, 11) is 0. The molecule has 1 saturated heterocycles. The topological polar surface area (TPSA) is 85.7 Å². The van der Waals surface area contributed by atoms with Crippen molar-refractivity contribution in [3.05, 3.63) is 60.2 Å². The number of benzene rings is 2. The highest BCUT2D eigenvalue weighted by atomic mass is 16.6. The lowest BCUT2D eigenvalue weighted by Crippen LogP contribution is -2.34. The van der Waals surface area contributed by atoms with Crippen LogP contribution in [0.25, 0.3) is 11.0 Å². The molecule has 2 aliphatic rings. The van der Waals surface area contributed by atoms with Gasteiger partial charge in [0.2, 0.25) is 11.9 Å². The van der Waals surface area contributed by atoms with Crippen molar-refractivity contribution in [2.45, 2.75) is 32.2 Å². The lowest BCUT2D eigenvalue weighted by atomic mass is 10.1. The number of nitrogens with zero attached hydrogens (tertiary/aromatic N) is 3. The number of carbonyl (C=O) groups is 2. The van der Waals surface area contributed by atoms with E-state index in [1.807, 2.05) is 46.7 Å². The zero-order valence-corrected chi connectivity index (χ0v) is 19.3. The molecule has 5 rings (SSSR count). The van der Waals surface area contributed by atoms with Gasteiger partial charge >= 0.3 is 0 Å². The summed E-state index contributed by atoms with van der Waals surface area (Å²) in [5.74, 6) is 1.38. The van der Waals surface area contributed by atoms with E-state index in [2.05, 4.69) is 11.9 Å². The maximum atomic E-state index is 13.2. The summed E-state index contributed by atoms with van der Waals surface area (Å²) in [6.45, 7) is 7.70. The second-order valence-corrected chi connectivity index (χ2v) is 8.72. The molecule has 8 nitrogen and oxygen atoms in total. The van der Waals surface area contributed by atoms with Gasteiger partial charge in [0.15, 0.2) is 11.5 Å². The number of ether oxygens (including phenoxy) is 2. The average molecular weight is 461 g/mol. The van der Waals surface area contributed by atoms with E-state index in [0.29, 0.717) is 54.8 Å². The van der Waals surface area contributed by atoms with Gasteiger partial charge in [-0.1, -0.05) is 24.3 Å². The maximum absolute atomic E-state index is 13.2. The van der Waals surface area contributed by atoms with Crippen LogP contribution in [0.1, 0.15) is 41.2 Å². The summed E-state index contributed by atoms with van der Waals surface area (Å²) in [6.07, 6.45) is 4.05. The SMILES string of the molecule is C=CC(=O)N1CCCCC(n2c(NC(=O)c3cccc(C)c3)nc3ccc4c(c32)OCCO4)C1. The number of carbonyl (C=O) groups excluding carboxylic acids is 2. The largest absolute Gasteiger partial charge is 0.486 e. The monoisotopic (exact) mass is 460 g/mol. The van der Waals surface area contributed by atoms with Gasteiger partial charge in [-0.25, -0.2) is 4.98 Å². The van der Waals surface area contributed by atoms with E-state index in [0.717, 1.165) is 30.3 Å². The Labute approximate surface area is 198 Å². The van der Waals surface area contributed by atoms with Crippen LogP contribution in [0.2, 0.25) is 0 Å². The highest BCUT2D eigenvalue weighted by Gasteiger charge is 2.29. The van der Waals surface area contributed by atoms with Crippen molar-refractivity contribution in [2.75, 3.05) is 31.6 Å². The third-order valence-corrected chi connectivity index (χ3v) is 6.36. The Morgan fingerprint density at radius 1 is 1.18 bits per heavy atom. The van der Waals surface area contributed by atoms with Gasteiger partial charge in [-0.2, -0.15) is 0 Å². The molecule has 1 N–H and O–H groups in total. The van der Waals surface area contributed by atoms with Gasteiger partial charge < -0.3 is 18.9 Å². The number of amides is 2. The molecule has 8 heteroatoms. The molecule has 0 aliphatic carbocycles. The van der Waals surface area contributed by atoms with E-state index in [-0.39, 0.29) is 17.9 Å². The molecular weight excluding hydrogens is 432 g/mol. The van der Waals surface area contributed by atoms with Crippen molar-refractivity contribution in [3.63, 3.8) is 0 Å². The first-order valence-corrected chi connectivity index (χ1v) is 11.6. The Kier molecular flexibility index (Phi) is 5.96. The third kappa shape index (κ3) is 4.11. The first-order valence-electron chi connectivity index (χ1n) is 11.6. The normalized spacial score (nSPS) is 17.8. The van der Waals surface area contributed by atoms with Gasteiger partial charge in [-0.05, 0) is 56.5 Å². The minimum Gasteiger partial charge on any atom is -0.486 e. The smallest absolute Gasteiger partial charge is 0.257 e. The highest BCUT2D eigenvalue weighted by molar-refractivity contribution is 6.04. The number of anilines is 1. The number of aryl methyl sites for hydroxylation is 1. The van der Waals surface area contributed by atoms with Gasteiger partial charge in [0.05, 0.1) is 11.6 Å². The van der Waals surface area contributed by atoms with Gasteiger partial charge in [0.25, 0.3) is 5.91 Å². The zero-order valence-electron chi connectivity index (χ0n) is 19.3. The quantitative estimate of drug-likeness (QED) is 0.593. The molecule has 2 amide bonds. The molecule has 176 valence electrons. The number of hydrogen-bond donors (Lipinski definition) is 1. The van der Waals surface area contributed by atoms with E-state index in [1.165, 1.54) is 6.08 Å². The molecule has 2 aromatic carbocycles. The average Bonchev–Trinajstić information content (AvgIpc) is 3.04. The summed E-state index contributed by atoms with van der Waals surface area (Å²) < 4.78 is 13.9. The highest BCUT2D eigenvalue weighted by Crippen LogP contribution is 2.41. The minimum absolute atomic E-state index is 0.0942. The molecule has 0 saturated carbocycles. The summed E-state index contributed by atoms with van der Waals surface area (Å²) in [6, 6.07) is 11.1. The van der Waals surface area contributed by atoms with Crippen LogP contribution in [-0.4, -0.2) is 52.6 Å². The van der Waals surface area contributed by atoms with Gasteiger partial charge in [0, 0.05) is 18.7 Å². The molecule has 0 radical (unpaired) electrons. The molecule has 1 unspecified atom stereocenters. The van der Waals surface area contributed by atoms with Crippen LogP contribution < -0.4 is 14.8 Å². The molecule has 1 fully saturated rings. The minimum atomic E-state index is -0.237. The Balaban J connectivity index is 1.62. The first kappa shape index (κ1) is 22.0. The Hall–Kier alpha value is -3.81. The number of aromatic nitrogens is 2. The van der Waals surface area contributed by atoms with Crippen LogP contribution in [-0.2, 0) is 4.79 Å².